The molecule has 1 aliphatic rings. The number of methoxy groups -OCH3 is 1. The summed E-state index contributed by atoms with van der Waals surface area (Å²) in [6.07, 6.45) is 1.23. The molecule has 1 aliphatic heterocycles. The minimum Gasteiger partial charge on any atom is -0.382 e. The molecule has 1 heterocycles. The van der Waals surface area contributed by atoms with E-state index in [0.29, 0.717) is 32.5 Å². The second kappa shape index (κ2) is 11.5. The van der Waals surface area contributed by atoms with Gasteiger partial charge in [-0.05, 0) is 5.92 Å². The maximum Gasteiger partial charge on any atom is 0.0701 e. The lowest BCUT2D eigenvalue weighted by atomic mass is 9.96. The Morgan fingerprint density at radius 1 is 1.15 bits per heavy atom. The quantitative estimate of drug-likeness (QED) is 0.574. The Labute approximate surface area is 123 Å². The summed E-state index contributed by atoms with van der Waals surface area (Å²) in [5.41, 5.74) is 0. The number of piperazine rings is 1. The fourth-order valence-electron chi connectivity index (χ4n) is 2.52. The van der Waals surface area contributed by atoms with Gasteiger partial charge in [-0.15, -0.1) is 0 Å². The SMILES string of the molecule is CCC(C)C1CNCCN1CCOCCOCCOC. The summed E-state index contributed by atoms with van der Waals surface area (Å²) in [4.78, 5) is 2.57. The van der Waals surface area contributed by atoms with Gasteiger partial charge in [-0.2, -0.15) is 0 Å². The Morgan fingerprint density at radius 2 is 1.85 bits per heavy atom. The highest BCUT2D eigenvalue weighted by molar-refractivity contribution is 4.83. The highest BCUT2D eigenvalue weighted by Gasteiger charge is 2.25. The normalized spacial score (nSPS) is 22.1. The molecular formula is C15H32N2O3. The molecule has 5 nitrogen and oxygen atoms in total. The number of ether oxygens (including phenoxy) is 3. The molecule has 0 radical (unpaired) electrons. The van der Waals surface area contributed by atoms with Crippen LogP contribution in [0.25, 0.3) is 0 Å². The van der Waals surface area contributed by atoms with E-state index in [9.17, 15) is 0 Å². The van der Waals surface area contributed by atoms with E-state index < -0.39 is 0 Å². The summed E-state index contributed by atoms with van der Waals surface area (Å²) in [5, 5.41) is 3.50. The molecule has 0 amide bonds. The van der Waals surface area contributed by atoms with Crippen LogP contribution in [0.15, 0.2) is 0 Å². The van der Waals surface area contributed by atoms with Crippen LogP contribution >= 0.6 is 0 Å². The van der Waals surface area contributed by atoms with Gasteiger partial charge in [0.2, 0.25) is 0 Å². The molecule has 0 aromatic carbocycles. The van der Waals surface area contributed by atoms with E-state index in [1.54, 1.807) is 7.11 Å². The van der Waals surface area contributed by atoms with E-state index >= 15 is 0 Å². The molecule has 0 aromatic heterocycles. The summed E-state index contributed by atoms with van der Waals surface area (Å²) in [6.45, 7) is 12.4. The lowest BCUT2D eigenvalue weighted by Crippen LogP contribution is -2.54. The standard InChI is InChI=1S/C15H32N2O3/c1-4-14(2)15-13-16-5-6-17(15)7-8-19-11-12-20-10-9-18-3/h14-16H,4-13H2,1-3H3. The van der Waals surface area contributed by atoms with E-state index in [2.05, 4.69) is 24.1 Å². The lowest BCUT2D eigenvalue weighted by molar-refractivity contribution is 0.0113. The summed E-state index contributed by atoms with van der Waals surface area (Å²) in [5.74, 6) is 0.736. The van der Waals surface area contributed by atoms with Crippen LogP contribution in [0.3, 0.4) is 0 Å². The predicted octanol–water partition coefficient (Wildman–Crippen LogP) is 0.986. The zero-order valence-corrected chi connectivity index (χ0v) is 13.4. The highest BCUT2D eigenvalue weighted by Crippen LogP contribution is 2.15. The van der Waals surface area contributed by atoms with Crippen LogP contribution in [0, 0.1) is 5.92 Å². The number of nitrogens with one attached hydrogen (secondary N) is 1. The van der Waals surface area contributed by atoms with Crippen molar-refractivity contribution in [2.75, 3.05) is 66.3 Å². The maximum absolute atomic E-state index is 5.65. The Hall–Kier alpha value is -0.200. The number of hydrogen-bond donors (Lipinski definition) is 1. The maximum atomic E-state index is 5.65. The summed E-state index contributed by atoms with van der Waals surface area (Å²) < 4.78 is 15.9. The van der Waals surface area contributed by atoms with Gasteiger partial charge in [0.15, 0.2) is 0 Å². The minimum absolute atomic E-state index is 0.647. The van der Waals surface area contributed by atoms with Crippen LogP contribution in [-0.2, 0) is 14.2 Å². The van der Waals surface area contributed by atoms with Gasteiger partial charge >= 0.3 is 0 Å². The first-order valence-electron chi connectivity index (χ1n) is 7.88. The Bertz CT molecular complexity index is 229. The van der Waals surface area contributed by atoms with Gasteiger partial charge in [0, 0.05) is 39.3 Å². The monoisotopic (exact) mass is 288 g/mol. The first-order valence-corrected chi connectivity index (χ1v) is 7.88. The van der Waals surface area contributed by atoms with Crippen molar-refractivity contribution in [2.45, 2.75) is 26.3 Å². The van der Waals surface area contributed by atoms with E-state index in [1.807, 2.05) is 0 Å². The van der Waals surface area contributed by atoms with Crippen LogP contribution in [0.4, 0.5) is 0 Å². The van der Waals surface area contributed by atoms with Crippen molar-refractivity contribution in [3.8, 4) is 0 Å². The third-order valence-corrected chi connectivity index (χ3v) is 4.03. The molecule has 0 saturated carbocycles. The molecule has 2 unspecified atom stereocenters. The van der Waals surface area contributed by atoms with E-state index in [0.717, 1.165) is 38.7 Å². The topological polar surface area (TPSA) is 43.0 Å². The van der Waals surface area contributed by atoms with Crippen molar-refractivity contribution >= 4 is 0 Å². The largest absolute Gasteiger partial charge is 0.382 e. The molecule has 1 fully saturated rings. The molecule has 0 spiro atoms. The summed E-state index contributed by atoms with van der Waals surface area (Å²) in [7, 11) is 1.68. The van der Waals surface area contributed by atoms with Crippen molar-refractivity contribution in [2.24, 2.45) is 5.92 Å². The van der Waals surface area contributed by atoms with Crippen LogP contribution in [0.1, 0.15) is 20.3 Å². The minimum atomic E-state index is 0.647. The number of hydrogen-bond acceptors (Lipinski definition) is 5. The molecule has 1 N–H and O–H groups in total. The van der Waals surface area contributed by atoms with Crippen molar-refractivity contribution in [1.82, 2.24) is 10.2 Å². The molecule has 120 valence electrons. The van der Waals surface area contributed by atoms with E-state index in [4.69, 9.17) is 14.2 Å². The third-order valence-electron chi connectivity index (χ3n) is 4.03. The molecule has 0 bridgehead atoms. The van der Waals surface area contributed by atoms with Crippen molar-refractivity contribution in [3.63, 3.8) is 0 Å². The van der Waals surface area contributed by atoms with Crippen LogP contribution in [-0.4, -0.2) is 77.3 Å². The van der Waals surface area contributed by atoms with Crippen LogP contribution < -0.4 is 5.32 Å². The second-order valence-electron chi connectivity index (χ2n) is 5.41. The molecule has 20 heavy (non-hydrogen) atoms. The third kappa shape index (κ3) is 6.99. The van der Waals surface area contributed by atoms with Gasteiger partial charge in [0.25, 0.3) is 0 Å². The molecule has 0 aromatic rings. The Kier molecular flexibility index (Phi) is 10.2. The van der Waals surface area contributed by atoms with E-state index in [1.165, 1.54) is 6.42 Å². The van der Waals surface area contributed by atoms with Crippen LogP contribution in [0.2, 0.25) is 0 Å². The van der Waals surface area contributed by atoms with Crippen molar-refractivity contribution in [3.05, 3.63) is 0 Å². The average Bonchev–Trinajstić information content (AvgIpc) is 2.49. The highest BCUT2D eigenvalue weighted by atomic mass is 16.5. The Morgan fingerprint density at radius 3 is 2.55 bits per heavy atom. The summed E-state index contributed by atoms with van der Waals surface area (Å²) >= 11 is 0. The first-order chi connectivity index (χ1) is 9.79. The first kappa shape index (κ1) is 17.9. The fourth-order valence-corrected chi connectivity index (χ4v) is 2.52. The van der Waals surface area contributed by atoms with Gasteiger partial charge in [0.05, 0.1) is 33.0 Å². The second-order valence-corrected chi connectivity index (χ2v) is 5.41. The molecule has 0 aliphatic carbocycles. The molecule has 5 heteroatoms. The molecule has 1 saturated heterocycles. The van der Waals surface area contributed by atoms with Gasteiger partial charge in [-0.3, -0.25) is 4.90 Å². The van der Waals surface area contributed by atoms with Gasteiger partial charge in [-0.25, -0.2) is 0 Å². The van der Waals surface area contributed by atoms with Crippen molar-refractivity contribution < 1.29 is 14.2 Å². The van der Waals surface area contributed by atoms with Crippen LogP contribution in [0.5, 0.6) is 0 Å². The number of nitrogens with zero attached hydrogens (tertiary/aromatic N) is 1. The smallest absolute Gasteiger partial charge is 0.0701 e. The van der Waals surface area contributed by atoms with E-state index in [-0.39, 0.29) is 0 Å². The zero-order valence-electron chi connectivity index (χ0n) is 13.4. The fraction of sp³-hybridized carbons (Fsp3) is 1.00. The average molecular weight is 288 g/mol. The van der Waals surface area contributed by atoms with Gasteiger partial charge < -0.3 is 19.5 Å². The lowest BCUT2D eigenvalue weighted by Gasteiger charge is -2.39. The Balaban J connectivity index is 2.07. The van der Waals surface area contributed by atoms with Gasteiger partial charge in [-0.1, -0.05) is 20.3 Å². The van der Waals surface area contributed by atoms with Gasteiger partial charge in [0.1, 0.15) is 0 Å². The number of rotatable bonds is 11. The summed E-state index contributed by atoms with van der Waals surface area (Å²) in [6, 6.07) is 0.648. The molecule has 2 atom stereocenters. The predicted molar refractivity (Wildman–Crippen MR) is 81.2 cm³/mol. The van der Waals surface area contributed by atoms with Crippen molar-refractivity contribution in [1.29, 1.82) is 0 Å². The molecular weight excluding hydrogens is 256 g/mol. The zero-order chi connectivity index (χ0) is 14.6. The molecule has 1 rings (SSSR count).